The lowest BCUT2D eigenvalue weighted by molar-refractivity contribution is 0.0693. The zero-order chi connectivity index (χ0) is 9.68. The van der Waals surface area contributed by atoms with Gasteiger partial charge in [-0.25, -0.2) is 4.79 Å². The number of benzene rings is 1. The van der Waals surface area contributed by atoms with E-state index in [1.165, 1.54) is 11.8 Å². The highest BCUT2D eigenvalue weighted by molar-refractivity contribution is 8.04. The lowest BCUT2D eigenvalue weighted by Crippen LogP contribution is -1.97. The van der Waals surface area contributed by atoms with E-state index in [0.29, 0.717) is 10.5 Å². The van der Waals surface area contributed by atoms with Gasteiger partial charge in [0.15, 0.2) is 0 Å². The van der Waals surface area contributed by atoms with Gasteiger partial charge in [-0.2, -0.15) is 0 Å². The summed E-state index contributed by atoms with van der Waals surface area (Å²) in [4.78, 5) is 11.4. The second kappa shape index (κ2) is 4.58. The molecule has 0 heterocycles. The summed E-state index contributed by atoms with van der Waals surface area (Å²) in [6.07, 6.45) is 0. The van der Waals surface area contributed by atoms with Gasteiger partial charge in [0.25, 0.3) is 0 Å². The molecule has 0 saturated carbocycles. The number of hydrogen-bond donors (Lipinski definition) is 1. The molecule has 2 nitrogen and oxygen atoms in total. The minimum atomic E-state index is -0.916. The minimum Gasteiger partial charge on any atom is -0.478 e. The number of hydrogen-bond acceptors (Lipinski definition) is 2. The predicted octanol–water partition coefficient (Wildman–Crippen LogP) is 2.46. The van der Waals surface area contributed by atoms with Crippen LogP contribution in [0.1, 0.15) is 17.3 Å². The van der Waals surface area contributed by atoms with Gasteiger partial charge in [-0.3, -0.25) is 0 Å². The third-order valence-electron chi connectivity index (χ3n) is 1.38. The largest absolute Gasteiger partial charge is 0.478 e. The second-order valence-corrected chi connectivity index (χ2v) is 3.10. The fourth-order valence-corrected chi connectivity index (χ4v) is 1.46. The first-order chi connectivity index (χ1) is 6.25. The molecule has 0 fully saturated rings. The molecule has 0 aliphatic rings. The SMILES string of the molecule is CC#CSc1ccccc1C(=O)O. The lowest BCUT2D eigenvalue weighted by atomic mass is 10.2. The summed E-state index contributed by atoms with van der Waals surface area (Å²) in [7, 11) is 0. The molecular weight excluding hydrogens is 184 g/mol. The number of rotatable bonds is 2. The molecule has 0 spiro atoms. The molecule has 0 aliphatic carbocycles. The van der Waals surface area contributed by atoms with Crippen LogP contribution in [0.15, 0.2) is 29.2 Å². The van der Waals surface area contributed by atoms with Crippen LogP contribution >= 0.6 is 11.8 Å². The first-order valence-corrected chi connectivity index (χ1v) is 4.48. The van der Waals surface area contributed by atoms with Crippen LogP contribution in [0.2, 0.25) is 0 Å². The van der Waals surface area contributed by atoms with E-state index < -0.39 is 5.97 Å². The van der Waals surface area contributed by atoms with Crippen LogP contribution in [0.3, 0.4) is 0 Å². The summed E-state index contributed by atoms with van der Waals surface area (Å²) in [6.45, 7) is 1.72. The fraction of sp³-hybridized carbons (Fsp3) is 0.100. The molecule has 0 bridgehead atoms. The molecule has 0 unspecified atom stereocenters. The maximum Gasteiger partial charge on any atom is 0.336 e. The zero-order valence-electron chi connectivity index (χ0n) is 7.07. The molecule has 1 aromatic rings. The number of carbonyl (C=O) groups is 1. The van der Waals surface area contributed by atoms with E-state index in [9.17, 15) is 4.79 Å². The maximum absolute atomic E-state index is 10.7. The molecule has 0 aromatic heterocycles. The predicted molar refractivity (Wildman–Crippen MR) is 52.7 cm³/mol. The summed E-state index contributed by atoms with van der Waals surface area (Å²) in [5, 5.41) is 11.6. The molecule has 66 valence electrons. The lowest BCUT2D eigenvalue weighted by Gasteiger charge is -1.99. The van der Waals surface area contributed by atoms with Gasteiger partial charge in [-0.15, -0.1) is 0 Å². The monoisotopic (exact) mass is 192 g/mol. The van der Waals surface area contributed by atoms with Crippen molar-refractivity contribution in [2.24, 2.45) is 0 Å². The molecule has 13 heavy (non-hydrogen) atoms. The Hall–Kier alpha value is -1.40. The quantitative estimate of drug-likeness (QED) is 0.577. The summed E-state index contributed by atoms with van der Waals surface area (Å²) in [5.74, 6) is 1.79. The van der Waals surface area contributed by atoms with Gasteiger partial charge in [0.1, 0.15) is 0 Å². The van der Waals surface area contributed by atoms with E-state index >= 15 is 0 Å². The Balaban J connectivity index is 3.02. The topological polar surface area (TPSA) is 37.3 Å². The van der Waals surface area contributed by atoms with Crippen molar-refractivity contribution in [2.45, 2.75) is 11.8 Å². The van der Waals surface area contributed by atoms with Crippen molar-refractivity contribution >= 4 is 17.7 Å². The van der Waals surface area contributed by atoms with E-state index in [2.05, 4.69) is 11.2 Å². The molecule has 0 aliphatic heterocycles. The molecular formula is C10H8O2S. The van der Waals surface area contributed by atoms with E-state index in [0.717, 1.165) is 0 Å². The van der Waals surface area contributed by atoms with Gasteiger partial charge in [0, 0.05) is 4.90 Å². The summed E-state index contributed by atoms with van der Waals surface area (Å²) >= 11 is 1.23. The second-order valence-electron chi connectivity index (χ2n) is 2.26. The van der Waals surface area contributed by atoms with Crippen molar-refractivity contribution in [3.8, 4) is 11.2 Å². The number of thioether (sulfide) groups is 1. The molecule has 0 radical (unpaired) electrons. The van der Waals surface area contributed by atoms with E-state index in [4.69, 9.17) is 5.11 Å². The molecule has 0 amide bonds. The standard InChI is InChI=1S/C10H8O2S/c1-2-7-13-9-6-4-3-5-8(9)10(11)12/h3-6H,1H3,(H,11,12). The highest BCUT2D eigenvalue weighted by Crippen LogP contribution is 2.21. The van der Waals surface area contributed by atoms with Crippen LogP contribution in [0.5, 0.6) is 0 Å². The van der Waals surface area contributed by atoms with Gasteiger partial charge in [-0.05, 0) is 36.1 Å². The molecule has 3 heteroatoms. The number of carboxylic acids is 1. The smallest absolute Gasteiger partial charge is 0.336 e. The fourth-order valence-electron chi connectivity index (χ4n) is 0.838. The van der Waals surface area contributed by atoms with Crippen molar-refractivity contribution in [1.82, 2.24) is 0 Å². The summed E-state index contributed by atoms with van der Waals surface area (Å²) in [5.41, 5.74) is 0.301. The molecule has 0 atom stereocenters. The third-order valence-corrected chi connectivity index (χ3v) is 2.26. The van der Waals surface area contributed by atoms with Gasteiger partial charge in [0.2, 0.25) is 0 Å². The van der Waals surface area contributed by atoms with Crippen LogP contribution in [0.4, 0.5) is 0 Å². The van der Waals surface area contributed by atoms with Crippen molar-refractivity contribution in [2.75, 3.05) is 0 Å². The van der Waals surface area contributed by atoms with Gasteiger partial charge in [0.05, 0.1) is 5.56 Å². The minimum absolute atomic E-state index is 0.301. The summed E-state index contributed by atoms with van der Waals surface area (Å²) in [6, 6.07) is 6.82. The first-order valence-electron chi connectivity index (χ1n) is 3.66. The average Bonchev–Trinajstić information content (AvgIpc) is 2.15. The Morgan fingerprint density at radius 3 is 2.77 bits per heavy atom. The Morgan fingerprint density at radius 2 is 2.15 bits per heavy atom. The van der Waals surface area contributed by atoms with Crippen LogP contribution in [0, 0.1) is 11.2 Å². The Bertz CT molecular complexity index is 374. The van der Waals surface area contributed by atoms with Crippen LogP contribution in [-0.4, -0.2) is 11.1 Å². The maximum atomic E-state index is 10.7. The van der Waals surface area contributed by atoms with Gasteiger partial charge in [-0.1, -0.05) is 18.1 Å². The molecule has 1 aromatic carbocycles. The highest BCUT2D eigenvalue weighted by Gasteiger charge is 2.07. The van der Waals surface area contributed by atoms with Crippen molar-refractivity contribution < 1.29 is 9.90 Å². The van der Waals surface area contributed by atoms with Crippen LogP contribution in [-0.2, 0) is 0 Å². The molecule has 0 saturated heterocycles. The Kier molecular flexibility index (Phi) is 3.41. The highest BCUT2D eigenvalue weighted by atomic mass is 32.2. The molecule has 1 rings (SSSR count). The van der Waals surface area contributed by atoms with Crippen molar-refractivity contribution in [3.63, 3.8) is 0 Å². The van der Waals surface area contributed by atoms with Crippen LogP contribution in [0.25, 0.3) is 0 Å². The normalized spacial score (nSPS) is 8.69. The van der Waals surface area contributed by atoms with Crippen molar-refractivity contribution in [1.29, 1.82) is 0 Å². The third kappa shape index (κ3) is 2.53. The Labute approximate surface area is 81.0 Å². The molecule has 1 N–H and O–H groups in total. The van der Waals surface area contributed by atoms with E-state index in [-0.39, 0.29) is 0 Å². The van der Waals surface area contributed by atoms with E-state index in [1.807, 2.05) is 0 Å². The van der Waals surface area contributed by atoms with Crippen LogP contribution < -0.4 is 0 Å². The summed E-state index contributed by atoms with van der Waals surface area (Å²) < 4.78 is 0. The van der Waals surface area contributed by atoms with Gasteiger partial charge >= 0.3 is 5.97 Å². The zero-order valence-corrected chi connectivity index (χ0v) is 7.89. The number of aromatic carboxylic acids is 1. The number of carboxylic acid groups (broad SMARTS) is 1. The average molecular weight is 192 g/mol. The van der Waals surface area contributed by atoms with Gasteiger partial charge < -0.3 is 5.11 Å². The van der Waals surface area contributed by atoms with E-state index in [1.54, 1.807) is 31.2 Å². The first kappa shape index (κ1) is 9.69. The van der Waals surface area contributed by atoms with Crippen molar-refractivity contribution in [3.05, 3.63) is 29.8 Å². The Morgan fingerprint density at radius 1 is 1.46 bits per heavy atom.